The lowest BCUT2D eigenvalue weighted by Crippen LogP contribution is -2.12. The van der Waals surface area contributed by atoms with Crippen LogP contribution in [0.4, 0.5) is 0 Å². The van der Waals surface area contributed by atoms with Gasteiger partial charge in [0.25, 0.3) is 0 Å². The lowest BCUT2D eigenvalue weighted by molar-refractivity contribution is -0.140. The molecule has 1 aromatic carbocycles. The zero-order valence-corrected chi connectivity index (χ0v) is 26.2. The standard InChI is InChI=1S/C33H42O12/c1-22(2)31(37)40-16-10-7-13-28(34)43-25-19-26(44-29(35)14-8-11-17-41-32(38)23(3)4)21-27(20-25)45-30(36)15-9-12-18-42-33(39)24(5)6/h19-21H,1,3,5,7-18H2,2,4,6H3. The van der Waals surface area contributed by atoms with Crippen molar-refractivity contribution in [2.75, 3.05) is 19.8 Å². The molecule has 0 saturated carbocycles. The van der Waals surface area contributed by atoms with E-state index in [9.17, 15) is 28.8 Å². The Morgan fingerprint density at radius 2 is 0.711 bits per heavy atom. The van der Waals surface area contributed by atoms with Crippen LogP contribution in [-0.2, 0) is 43.0 Å². The molecule has 0 aliphatic heterocycles. The first-order chi connectivity index (χ1) is 21.3. The molecule has 0 spiro atoms. The molecular weight excluding hydrogens is 588 g/mol. The summed E-state index contributed by atoms with van der Waals surface area (Å²) in [7, 11) is 0. The maximum absolute atomic E-state index is 12.4. The fraction of sp³-hybridized carbons (Fsp3) is 0.455. The molecule has 0 atom stereocenters. The van der Waals surface area contributed by atoms with Crippen LogP contribution in [-0.4, -0.2) is 55.6 Å². The molecule has 1 rings (SSSR count). The van der Waals surface area contributed by atoms with Crippen molar-refractivity contribution in [3.63, 3.8) is 0 Å². The lowest BCUT2D eigenvalue weighted by Gasteiger charge is -2.11. The Morgan fingerprint density at radius 1 is 0.467 bits per heavy atom. The van der Waals surface area contributed by atoms with Gasteiger partial charge in [0.2, 0.25) is 0 Å². The van der Waals surface area contributed by atoms with Crippen molar-refractivity contribution in [3.05, 3.63) is 54.7 Å². The highest BCUT2D eigenvalue weighted by atomic mass is 16.6. The summed E-state index contributed by atoms with van der Waals surface area (Å²) in [5.74, 6) is -3.38. The summed E-state index contributed by atoms with van der Waals surface area (Å²) in [6.07, 6.45) is 2.43. The second kappa shape index (κ2) is 21.0. The summed E-state index contributed by atoms with van der Waals surface area (Å²) in [6.45, 7) is 15.5. The highest BCUT2D eigenvalue weighted by Crippen LogP contribution is 2.29. The Balaban J connectivity index is 2.75. The highest BCUT2D eigenvalue weighted by Gasteiger charge is 2.15. The molecule has 0 N–H and O–H groups in total. The Kier molecular flexibility index (Phi) is 17.9. The van der Waals surface area contributed by atoms with E-state index < -0.39 is 35.8 Å². The van der Waals surface area contributed by atoms with Crippen LogP contribution in [0.15, 0.2) is 54.7 Å². The van der Waals surface area contributed by atoms with E-state index in [0.29, 0.717) is 38.5 Å². The third kappa shape index (κ3) is 17.8. The SMILES string of the molecule is C=C(C)C(=O)OCCCCC(=O)Oc1cc(OC(=O)CCCCOC(=O)C(=C)C)cc(OC(=O)CCCCOC(=O)C(=C)C)c1. The number of unbranched alkanes of at least 4 members (excludes halogenated alkanes) is 3. The zero-order valence-electron chi connectivity index (χ0n) is 26.2. The Labute approximate surface area is 263 Å². The minimum Gasteiger partial charge on any atom is -0.462 e. The first-order valence-corrected chi connectivity index (χ1v) is 14.5. The van der Waals surface area contributed by atoms with Crippen LogP contribution in [0.5, 0.6) is 17.2 Å². The van der Waals surface area contributed by atoms with Gasteiger partial charge in [-0.2, -0.15) is 0 Å². The third-order valence-electron chi connectivity index (χ3n) is 5.62. The number of carbonyl (C=O) groups excluding carboxylic acids is 6. The van der Waals surface area contributed by atoms with Crippen LogP contribution in [0.25, 0.3) is 0 Å². The number of ether oxygens (including phenoxy) is 6. The molecule has 0 aliphatic carbocycles. The minimum atomic E-state index is -0.601. The smallest absolute Gasteiger partial charge is 0.333 e. The van der Waals surface area contributed by atoms with Crippen molar-refractivity contribution in [2.24, 2.45) is 0 Å². The number of hydrogen-bond donors (Lipinski definition) is 0. The van der Waals surface area contributed by atoms with E-state index in [1.807, 2.05) is 0 Å². The van der Waals surface area contributed by atoms with Crippen LogP contribution in [0.2, 0.25) is 0 Å². The predicted octanol–water partition coefficient (Wildman–Crippen LogP) is 5.27. The molecular formula is C33H42O12. The summed E-state index contributed by atoms with van der Waals surface area (Å²) >= 11 is 0. The lowest BCUT2D eigenvalue weighted by atomic mass is 10.2. The second-order valence-corrected chi connectivity index (χ2v) is 10.2. The van der Waals surface area contributed by atoms with Crippen molar-refractivity contribution in [1.82, 2.24) is 0 Å². The first-order valence-electron chi connectivity index (χ1n) is 14.5. The van der Waals surface area contributed by atoms with Gasteiger partial charge >= 0.3 is 35.8 Å². The van der Waals surface area contributed by atoms with E-state index in [1.54, 1.807) is 0 Å². The van der Waals surface area contributed by atoms with E-state index in [-0.39, 0.29) is 73.1 Å². The van der Waals surface area contributed by atoms with Gasteiger partial charge in [0.1, 0.15) is 17.2 Å². The van der Waals surface area contributed by atoms with Gasteiger partial charge in [-0.25, -0.2) is 14.4 Å². The van der Waals surface area contributed by atoms with Crippen LogP contribution < -0.4 is 14.2 Å². The Hall–Kier alpha value is -4.74. The molecule has 0 saturated heterocycles. The summed E-state index contributed by atoms with van der Waals surface area (Å²) in [5.41, 5.74) is 0.832. The largest absolute Gasteiger partial charge is 0.462 e. The number of carbonyl (C=O) groups is 6. The van der Waals surface area contributed by atoms with Crippen molar-refractivity contribution >= 4 is 35.8 Å². The molecule has 12 nitrogen and oxygen atoms in total. The second-order valence-electron chi connectivity index (χ2n) is 10.2. The Morgan fingerprint density at radius 3 is 0.933 bits per heavy atom. The van der Waals surface area contributed by atoms with E-state index in [4.69, 9.17) is 28.4 Å². The average Bonchev–Trinajstić information content (AvgIpc) is 2.95. The van der Waals surface area contributed by atoms with Crippen LogP contribution in [0.3, 0.4) is 0 Å². The number of benzene rings is 1. The van der Waals surface area contributed by atoms with E-state index >= 15 is 0 Å². The maximum atomic E-state index is 12.4. The molecule has 0 heterocycles. The maximum Gasteiger partial charge on any atom is 0.333 e. The highest BCUT2D eigenvalue weighted by molar-refractivity contribution is 5.87. The fourth-order valence-electron chi connectivity index (χ4n) is 3.25. The van der Waals surface area contributed by atoms with Gasteiger partial charge in [-0.05, 0) is 59.3 Å². The first kappa shape index (κ1) is 38.3. The van der Waals surface area contributed by atoms with Gasteiger partial charge in [-0.1, -0.05) is 19.7 Å². The summed E-state index contributed by atoms with van der Waals surface area (Å²) in [6, 6.07) is 3.94. The molecule has 0 fully saturated rings. The van der Waals surface area contributed by atoms with E-state index in [0.717, 1.165) is 0 Å². The molecule has 0 bridgehead atoms. The fourth-order valence-corrected chi connectivity index (χ4v) is 3.25. The van der Waals surface area contributed by atoms with Gasteiger partial charge in [0, 0.05) is 54.2 Å². The molecule has 0 aromatic heterocycles. The van der Waals surface area contributed by atoms with Gasteiger partial charge in [-0.15, -0.1) is 0 Å². The van der Waals surface area contributed by atoms with Crippen molar-refractivity contribution in [1.29, 1.82) is 0 Å². The van der Waals surface area contributed by atoms with E-state index in [1.165, 1.54) is 39.0 Å². The third-order valence-corrected chi connectivity index (χ3v) is 5.62. The molecule has 0 amide bonds. The van der Waals surface area contributed by atoms with Crippen LogP contribution >= 0.6 is 0 Å². The number of hydrogen-bond acceptors (Lipinski definition) is 12. The zero-order chi connectivity index (χ0) is 33.8. The molecule has 45 heavy (non-hydrogen) atoms. The minimum absolute atomic E-state index is 0.00959. The molecule has 0 unspecified atom stereocenters. The van der Waals surface area contributed by atoms with Gasteiger partial charge in [-0.3, -0.25) is 14.4 Å². The monoisotopic (exact) mass is 630 g/mol. The number of rotatable bonds is 21. The summed E-state index contributed by atoms with van der Waals surface area (Å²) in [5, 5.41) is 0. The molecule has 1 aromatic rings. The van der Waals surface area contributed by atoms with Crippen molar-refractivity contribution in [2.45, 2.75) is 78.6 Å². The average molecular weight is 631 g/mol. The van der Waals surface area contributed by atoms with Gasteiger partial charge in [0.05, 0.1) is 19.8 Å². The van der Waals surface area contributed by atoms with E-state index in [2.05, 4.69) is 19.7 Å². The molecule has 0 aliphatic rings. The topological polar surface area (TPSA) is 158 Å². The predicted molar refractivity (Wildman–Crippen MR) is 162 cm³/mol. The van der Waals surface area contributed by atoms with Crippen LogP contribution in [0, 0.1) is 0 Å². The van der Waals surface area contributed by atoms with Crippen LogP contribution in [0.1, 0.15) is 78.6 Å². The Bertz CT molecular complexity index is 1100. The molecule has 12 heteroatoms. The summed E-state index contributed by atoms with van der Waals surface area (Å²) in [4.78, 5) is 71.6. The van der Waals surface area contributed by atoms with Gasteiger partial charge < -0.3 is 28.4 Å². The molecule has 0 radical (unpaired) electrons. The quantitative estimate of drug-likeness (QED) is 0.0570. The normalized spacial score (nSPS) is 10.2. The van der Waals surface area contributed by atoms with Crippen molar-refractivity contribution in [3.8, 4) is 17.2 Å². The number of esters is 6. The van der Waals surface area contributed by atoms with Crippen molar-refractivity contribution < 1.29 is 57.2 Å². The summed E-state index contributed by atoms with van der Waals surface area (Å²) < 4.78 is 31.1. The van der Waals surface area contributed by atoms with Gasteiger partial charge in [0.15, 0.2) is 0 Å². The molecule has 246 valence electrons.